The van der Waals surface area contributed by atoms with Crippen molar-refractivity contribution in [1.82, 2.24) is 4.90 Å². The Labute approximate surface area is 128 Å². The Morgan fingerprint density at radius 3 is 2.52 bits per heavy atom. The maximum Gasteiger partial charge on any atom is 0.123 e. The highest BCUT2D eigenvalue weighted by Gasteiger charge is 2.36. The molecule has 0 unspecified atom stereocenters. The lowest BCUT2D eigenvalue weighted by Crippen LogP contribution is -2.54. The molecule has 1 aromatic rings. The van der Waals surface area contributed by atoms with Crippen LogP contribution in [0.15, 0.2) is 24.3 Å². The highest BCUT2D eigenvalue weighted by atomic mass is 16.5. The van der Waals surface area contributed by atoms with Crippen LogP contribution in [-0.4, -0.2) is 30.1 Å². The Bertz CT molecular complexity index is 452. The molecule has 1 fully saturated rings. The molecule has 2 aliphatic rings. The van der Waals surface area contributed by atoms with Crippen molar-refractivity contribution in [3.63, 3.8) is 0 Å². The summed E-state index contributed by atoms with van der Waals surface area (Å²) in [5, 5.41) is 0. The second-order valence-corrected chi connectivity index (χ2v) is 6.57. The first-order valence-electron chi connectivity index (χ1n) is 8.50. The van der Waals surface area contributed by atoms with E-state index in [1.54, 1.807) is 0 Å². The van der Waals surface area contributed by atoms with Crippen molar-refractivity contribution in [3.8, 4) is 5.75 Å². The van der Waals surface area contributed by atoms with E-state index in [0.29, 0.717) is 0 Å². The summed E-state index contributed by atoms with van der Waals surface area (Å²) in [5.74, 6) is 1.05. The van der Waals surface area contributed by atoms with Crippen molar-refractivity contribution in [2.45, 2.75) is 57.0 Å². The third-order valence-electron chi connectivity index (χ3n) is 5.29. The van der Waals surface area contributed by atoms with Gasteiger partial charge in [0.2, 0.25) is 0 Å². The van der Waals surface area contributed by atoms with Gasteiger partial charge in [0, 0.05) is 30.7 Å². The van der Waals surface area contributed by atoms with Crippen LogP contribution in [0.4, 0.5) is 0 Å². The summed E-state index contributed by atoms with van der Waals surface area (Å²) in [6, 6.07) is 8.45. The van der Waals surface area contributed by atoms with E-state index in [2.05, 4.69) is 29.2 Å². The van der Waals surface area contributed by atoms with Gasteiger partial charge in [0.1, 0.15) is 12.4 Å². The van der Waals surface area contributed by atoms with Crippen LogP contribution in [-0.2, 0) is 6.54 Å². The molecule has 1 aromatic carbocycles. The molecule has 3 heteroatoms. The normalized spacial score (nSPS) is 23.3. The Balaban J connectivity index is 1.82. The summed E-state index contributed by atoms with van der Waals surface area (Å²) in [7, 11) is 0. The summed E-state index contributed by atoms with van der Waals surface area (Å²) in [5.41, 5.74) is 7.77. The zero-order chi connectivity index (χ0) is 14.5. The molecule has 0 radical (unpaired) electrons. The largest absolute Gasteiger partial charge is 0.492 e. The Hall–Kier alpha value is -1.06. The molecule has 1 saturated carbocycles. The predicted octanol–water partition coefficient (Wildman–Crippen LogP) is 3.32. The van der Waals surface area contributed by atoms with E-state index in [-0.39, 0.29) is 5.54 Å². The number of hydrogen-bond donors (Lipinski definition) is 1. The molecular weight excluding hydrogens is 260 g/mol. The lowest BCUT2D eigenvalue weighted by molar-refractivity contribution is 0.0541. The van der Waals surface area contributed by atoms with E-state index in [4.69, 9.17) is 10.5 Å². The minimum absolute atomic E-state index is 0.182. The molecule has 3 nitrogen and oxygen atoms in total. The summed E-state index contributed by atoms with van der Waals surface area (Å²) in [6.45, 7) is 3.52. The minimum atomic E-state index is 0.182. The average molecular weight is 288 g/mol. The topological polar surface area (TPSA) is 38.5 Å². The molecule has 0 saturated heterocycles. The number of nitrogens with two attached hydrogens (primary N) is 1. The summed E-state index contributed by atoms with van der Waals surface area (Å²) in [4.78, 5) is 2.62. The molecule has 0 aromatic heterocycles. The Kier molecular flexibility index (Phi) is 4.81. The molecule has 116 valence electrons. The minimum Gasteiger partial charge on any atom is -0.492 e. The summed E-state index contributed by atoms with van der Waals surface area (Å²) in [6.07, 6.45) is 9.24. The monoisotopic (exact) mass is 288 g/mol. The van der Waals surface area contributed by atoms with E-state index < -0.39 is 0 Å². The highest BCUT2D eigenvalue weighted by molar-refractivity contribution is 5.34. The number of nitrogens with zero attached hydrogens (tertiary/aromatic N) is 1. The van der Waals surface area contributed by atoms with Gasteiger partial charge in [-0.3, -0.25) is 4.90 Å². The van der Waals surface area contributed by atoms with Gasteiger partial charge in [-0.1, -0.05) is 50.3 Å². The fourth-order valence-corrected chi connectivity index (χ4v) is 3.94. The molecule has 2 N–H and O–H groups in total. The zero-order valence-electron chi connectivity index (χ0n) is 13.0. The molecule has 3 rings (SSSR count). The summed E-state index contributed by atoms with van der Waals surface area (Å²) < 4.78 is 5.93. The average Bonchev–Trinajstić information content (AvgIpc) is 2.70. The quantitative estimate of drug-likeness (QED) is 0.907. The van der Waals surface area contributed by atoms with Crippen molar-refractivity contribution in [1.29, 1.82) is 0 Å². The van der Waals surface area contributed by atoms with Crippen LogP contribution in [0.1, 0.15) is 50.5 Å². The van der Waals surface area contributed by atoms with Crippen molar-refractivity contribution in [2.75, 3.05) is 19.7 Å². The van der Waals surface area contributed by atoms with Gasteiger partial charge >= 0.3 is 0 Å². The summed E-state index contributed by atoms with van der Waals surface area (Å²) >= 11 is 0. The van der Waals surface area contributed by atoms with Gasteiger partial charge < -0.3 is 10.5 Å². The fraction of sp³-hybridized carbons (Fsp3) is 0.667. The maximum atomic E-state index is 6.28. The number of benzene rings is 1. The third-order valence-corrected chi connectivity index (χ3v) is 5.29. The molecule has 0 amide bonds. The van der Waals surface area contributed by atoms with Gasteiger partial charge in [-0.05, 0) is 18.9 Å². The van der Waals surface area contributed by atoms with Crippen molar-refractivity contribution < 1.29 is 4.74 Å². The van der Waals surface area contributed by atoms with Crippen LogP contribution in [0.5, 0.6) is 5.75 Å². The number of hydrogen-bond acceptors (Lipinski definition) is 3. The number of ether oxygens (including phenoxy) is 1. The van der Waals surface area contributed by atoms with Crippen LogP contribution in [0.25, 0.3) is 0 Å². The van der Waals surface area contributed by atoms with E-state index in [0.717, 1.165) is 32.0 Å². The second-order valence-electron chi connectivity index (χ2n) is 6.57. The van der Waals surface area contributed by atoms with Crippen molar-refractivity contribution >= 4 is 0 Å². The lowest BCUT2D eigenvalue weighted by Gasteiger charge is -2.44. The first kappa shape index (κ1) is 14.9. The molecule has 1 aliphatic carbocycles. The van der Waals surface area contributed by atoms with E-state index >= 15 is 0 Å². The van der Waals surface area contributed by atoms with Gasteiger partial charge in [-0.15, -0.1) is 0 Å². The smallest absolute Gasteiger partial charge is 0.123 e. The van der Waals surface area contributed by atoms with Gasteiger partial charge in [0.25, 0.3) is 0 Å². The molecule has 0 bridgehead atoms. The Morgan fingerprint density at radius 2 is 1.76 bits per heavy atom. The second kappa shape index (κ2) is 6.80. The first-order valence-corrected chi connectivity index (χ1v) is 8.50. The van der Waals surface area contributed by atoms with E-state index in [1.165, 1.54) is 50.5 Å². The third kappa shape index (κ3) is 3.24. The highest BCUT2D eigenvalue weighted by Crippen LogP contribution is 2.34. The fourth-order valence-electron chi connectivity index (χ4n) is 3.94. The molecular formula is C18H28N2O. The number of para-hydroxylation sites is 1. The molecule has 1 aliphatic heterocycles. The SMILES string of the molecule is NCC1(N2CCOc3ccccc3C2)CCCCCCC1. The van der Waals surface area contributed by atoms with Gasteiger partial charge in [0.05, 0.1) is 0 Å². The predicted molar refractivity (Wildman–Crippen MR) is 86.5 cm³/mol. The van der Waals surface area contributed by atoms with Gasteiger partial charge in [-0.2, -0.15) is 0 Å². The van der Waals surface area contributed by atoms with Gasteiger partial charge in [0.15, 0.2) is 0 Å². The van der Waals surface area contributed by atoms with Crippen LogP contribution < -0.4 is 10.5 Å². The maximum absolute atomic E-state index is 6.28. The molecule has 21 heavy (non-hydrogen) atoms. The van der Waals surface area contributed by atoms with Crippen LogP contribution in [0.3, 0.4) is 0 Å². The molecule has 1 heterocycles. The van der Waals surface area contributed by atoms with Gasteiger partial charge in [-0.25, -0.2) is 0 Å². The molecule has 0 atom stereocenters. The first-order chi connectivity index (χ1) is 10.3. The van der Waals surface area contributed by atoms with Crippen LogP contribution in [0.2, 0.25) is 0 Å². The number of fused-ring (bicyclic) bond motifs is 1. The van der Waals surface area contributed by atoms with E-state index in [1.807, 2.05) is 0 Å². The lowest BCUT2D eigenvalue weighted by atomic mass is 9.82. The molecule has 0 spiro atoms. The van der Waals surface area contributed by atoms with Crippen LogP contribution in [0, 0.1) is 0 Å². The van der Waals surface area contributed by atoms with Crippen molar-refractivity contribution in [2.24, 2.45) is 5.73 Å². The van der Waals surface area contributed by atoms with Crippen molar-refractivity contribution in [3.05, 3.63) is 29.8 Å². The Morgan fingerprint density at radius 1 is 1.05 bits per heavy atom. The standard InChI is InChI=1S/C18H28N2O/c19-15-18(10-6-2-1-3-7-11-18)20-12-13-21-17-9-5-4-8-16(17)14-20/h4-5,8-9H,1-3,6-7,10-15,19H2. The van der Waals surface area contributed by atoms with Crippen LogP contribution >= 0.6 is 0 Å². The number of rotatable bonds is 2. The zero-order valence-corrected chi connectivity index (χ0v) is 13.0. The van der Waals surface area contributed by atoms with E-state index in [9.17, 15) is 0 Å².